The van der Waals surface area contributed by atoms with Crippen molar-refractivity contribution >= 4 is 17.2 Å². The molecule has 0 N–H and O–H groups in total. The van der Waals surface area contributed by atoms with Crippen LogP contribution in [0, 0.1) is 0 Å². The number of piperazine rings is 1. The largest absolute Gasteiger partial charge is 0.494 e. The molecule has 0 unspecified atom stereocenters. The van der Waals surface area contributed by atoms with Crippen LogP contribution in [0.2, 0.25) is 0 Å². The number of benzene rings is 1. The summed E-state index contributed by atoms with van der Waals surface area (Å²) in [7, 11) is 0. The van der Waals surface area contributed by atoms with E-state index in [1.54, 1.807) is 18.3 Å². The molecule has 2 aromatic rings. The second kappa shape index (κ2) is 7.77. The van der Waals surface area contributed by atoms with Crippen molar-refractivity contribution in [1.29, 1.82) is 0 Å². The number of hydrogen-bond donors (Lipinski definition) is 0. The molecule has 1 fully saturated rings. The average molecular weight is 345 g/mol. The van der Waals surface area contributed by atoms with E-state index in [0.29, 0.717) is 6.61 Å². The van der Waals surface area contributed by atoms with Crippen LogP contribution < -0.4 is 4.74 Å². The van der Waals surface area contributed by atoms with Crippen molar-refractivity contribution < 1.29 is 9.53 Å². The number of nitrogens with zero attached hydrogens (tertiary/aromatic N) is 3. The standard InChI is InChI=1S/C18H23N3O2S/c1-3-23-16-6-4-15(5-7-16)17-13-24-18(19-17)12-20-8-10-21(11-9-20)14(2)22/h4-7,13H,3,8-12H2,1-2H3. The Morgan fingerprint density at radius 3 is 2.54 bits per heavy atom. The third-order valence-electron chi connectivity index (χ3n) is 4.19. The van der Waals surface area contributed by atoms with Gasteiger partial charge in [0.05, 0.1) is 18.8 Å². The van der Waals surface area contributed by atoms with Gasteiger partial charge < -0.3 is 9.64 Å². The first kappa shape index (κ1) is 16.9. The SMILES string of the molecule is CCOc1ccc(-c2csc(CN3CCN(C(C)=O)CC3)n2)cc1. The van der Waals surface area contributed by atoms with Gasteiger partial charge in [0.2, 0.25) is 5.91 Å². The van der Waals surface area contributed by atoms with E-state index in [2.05, 4.69) is 22.4 Å². The van der Waals surface area contributed by atoms with Gasteiger partial charge in [-0.1, -0.05) is 0 Å². The summed E-state index contributed by atoms with van der Waals surface area (Å²) in [5, 5.41) is 3.23. The van der Waals surface area contributed by atoms with Gasteiger partial charge in [-0.2, -0.15) is 0 Å². The van der Waals surface area contributed by atoms with Crippen LogP contribution in [-0.2, 0) is 11.3 Å². The van der Waals surface area contributed by atoms with Crippen molar-refractivity contribution in [2.24, 2.45) is 0 Å². The molecule has 2 heterocycles. The van der Waals surface area contributed by atoms with E-state index in [9.17, 15) is 4.79 Å². The van der Waals surface area contributed by atoms with E-state index in [-0.39, 0.29) is 5.91 Å². The third kappa shape index (κ3) is 4.13. The Labute approximate surface area is 146 Å². The van der Waals surface area contributed by atoms with E-state index < -0.39 is 0 Å². The van der Waals surface area contributed by atoms with Crippen LogP contribution in [0.1, 0.15) is 18.9 Å². The van der Waals surface area contributed by atoms with Crippen LogP contribution in [0.15, 0.2) is 29.6 Å². The van der Waals surface area contributed by atoms with Gasteiger partial charge in [0.15, 0.2) is 0 Å². The Balaban J connectivity index is 1.58. The predicted molar refractivity (Wildman–Crippen MR) is 96.3 cm³/mol. The number of ether oxygens (including phenoxy) is 1. The molecular formula is C18H23N3O2S. The van der Waals surface area contributed by atoms with E-state index in [4.69, 9.17) is 9.72 Å². The molecule has 0 spiro atoms. The smallest absolute Gasteiger partial charge is 0.219 e. The highest BCUT2D eigenvalue weighted by Crippen LogP contribution is 2.25. The summed E-state index contributed by atoms with van der Waals surface area (Å²) < 4.78 is 5.48. The summed E-state index contributed by atoms with van der Waals surface area (Å²) in [6.07, 6.45) is 0. The molecule has 0 aliphatic carbocycles. The molecule has 0 atom stereocenters. The van der Waals surface area contributed by atoms with Crippen LogP contribution in [0.5, 0.6) is 5.75 Å². The summed E-state index contributed by atoms with van der Waals surface area (Å²) in [5.74, 6) is 1.06. The monoisotopic (exact) mass is 345 g/mol. The molecule has 1 aromatic carbocycles. The van der Waals surface area contributed by atoms with Gasteiger partial charge in [-0.3, -0.25) is 9.69 Å². The third-order valence-corrected chi connectivity index (χ3v) is 5.02. The number of amides is 1. The maximum Gasteiger partial charge on any atom is 0.219 e. The zero-order valence-corrected chi connectivity index (χ0v) is 15.0. The highest BCUT2D eigenvalue weighted by atomic mass is 32.1. The molecule has 0 bridgehead atoms. The first-order chi connectivity index (χ1) is 11.7. The zero-order valence-electron chi connectivity index (χ0n) is 14.2. The maximum absolute atomic E-state index is 11.4. The van der Waals surface area contributed by atoms with Gasteiger partial charge in [-0.25, -0.2) is 4.98 Å². The van der Waals surface area contributed by atoms with Crippen LogP contribution >= 0.6 is 11.3 Å². The average Bonchev–Trinajstić information content (AvgIpc) is 3.05. The lowest BCUT2D eigenvalue weighted by Crippen LogP contribution is -2.47. The minimum atomic E-state index is 0.168. The molecule has 6 heteroatoms. The summed E-state index contributed by atoms with van der Waals surface area (Å²) in [6, 6.07) is 8.07. The topological polar surface area (TPSA) is 45.7 Å². The van der Waals surface area contributed by atoms with Gasteiger partial charge in [0, 0.05) is 44.0 Å². The first-order valence-electron chi connectivity index (χ1n) is 8.31. The second-order valence-corrected chi connectivity index (χ2v) is 6.81. The molecule has 5 nitrogen and oxygen atoms in total. The fraction of sp³-hybridized carbons (Fsp3) is 0.444. The maximum atomic E-state index is 11.4. The number of carbonyl (C=O) groups excluding carboxylic acids is 1. The van der Waals surface area contributed by atoms with Gasteiger partial charge in [0.1, 0.15) is 10.8 Å². The van der Waals surface area contributed by atoms with Crippen molar-refractivity contribution in [2.75, 3.05) is 32.8 Å². The Kier molecular flexibility index (Phi) is 5.48. The number of aromatic nitrogens is 1. The number of rotatable bonds is 5. The molecule has 0 radical (unpaired) electrons. The molecule has 24 heavy (non-hydrogen) atoms. The van der Waals surface area contributed by atoms with Gasteiger partial charge in [0.25, 0.3) is 0 Å². The second-order valence-electron chi connectivity index (χ2n) is 5.87. The molecule has 1 aliphatic rings. The molecule has 1 aromatic heterocycles. The molecule has 1 aliphatic heterocycles. The Hall–Kier alpha value is -1.92. The molecule has 3 rings (SSSR count). The van der Waals surface area contributed by atoms with Crippen molar-refractivity contribution in [3.8, 4) is 17.0 Å². The fourth-order valence-electron chi connectivity index (χ4n) is 2.82. The first-order valence-corrected chi connectivity index (χ1v) is 9.19. The quantitative estimate of drug-likeness (QED) is 0.836. The molecular weight excluding hydrogens is 322 g/mol. The van der Waals surface area contributed by atoms with Crippen LogP contribution in [0.4, 0.5) is 0 Å². The van der Waals surface area contributed by atoms with Crippen LogP contribution in [-0.4, -0.2) is 53.5 Å². The van der Waals surface area contributed by atoms with E-state index in [1.807, 2.05) is 24.0 Å². The van der Waals surface area contributed by atoms with E-state index >= 15 is 0 Å². The van der Waals surface area contributed by atoms with Gasteiger partial charge in [-0.15, -0.1) is 11.3 Å². The van der Waals surface area contributed by atoms with Crippen LogP contribution in [0.25, 0.3) is 11.3 Å². The number of carbonyl (C=O) groups is 1. The lowest BCUT2D eigenvalue weighted by molar-refractivity contribution is -0.130. The summed E-state index contributed by atoms with van der Waals surface area (Å²) in [5.41, 5.74) is 2.13. The minimum absolute atomic E-state index is 0.168. The fourth-order valence-corrected chi connectivity index (χ4v) is 3.66. The normalized spacial score (nSPS) is 15.5. The van der Waals surface area contributed by atoms with Gasteiger partial charge in [-0.05, 0) is 31.2 Å². The lowest BCUT2D eigenvalue weighted by Gasteiger charge is -2.33. The van der Waals surface area contributed by atoms with E-state index in [0.717, 1.165) is 54.7 Å². The lowest BCUT2D eigenvalue weighted by atomic mass is 10.2. The summed E-state index contributed by atoms with van der Waals surface area (Å²) in [6.45, 7) is 8.61. The highest BCUT2D eigenvalue weighted by Gasteiger charge is 2.19. The zero-order chi connectivity index (χ0) is 16.9. The highest BCUT2D eigenvalue weighted by molar-refractivity contribution is 7.09. The Morgan fingerprint density at radius 1 is 1.21 bits per heavy atom. The van der Waals surface area contributed by atoms with E-state index in [1.165, 1.54) is 0 Å². The summed E-state index contributed by atoms with van der Waals surface area (Å²) >= 11 is 1.70. The molecule has 0 saturated carbocycles. The number of hydrogen-bond acceptors (Lipinski definition) is 5. The van der Waals surface area contributed by atoms with Crippen molar-refractivity contribution in [2.45, 2.75) is 20.4 Å². The van der Waals surface area contributed by atoms with Crippen molar-refractivity contribution in [1.82, 2.24) is 14.8 Å². The van der Waals surface area contributed by atoms with Crippen LogP contribution in [0.3, 0.4) is 0 Å². The predicted octanol–water partition coefficient (Wildman–Crippen LogP) is 2.87. The molecule has 1 saturated heterocycles. The Morgan fingerprint density at radius 2 is 1.92 bits per heavy atom. The van der Waals surface area contributed by atoms with Crippen molar-refractivity contribution in [3.05, 3.63) is 34.7 Å². The molecule has 128 valence electrons. The summed E-state index contributed by atoms with van der Waals surface area (Å²) in [4.78, 5) is 20.4. The Bertz CT molecular complexity index is 676. The van der Waals surface area contributed by atoms with Crippen molar-refractivity contribution in [3.63, 3.8) is 0 Å². The number of thiazole rings is 1. The van der Waals surface area contributed by atoms with Gasteiger partial charge >= 0.3 is 0 Å². The minimum Gasteiger partial charge on any atom is -0.494 e. The molecule has 1 amide bonds.